The molecule has 27 heavy (non-hydrogen) atoms. The van der Waals surface area contributed by atoms with Crippen LogP contribution in [0.3, 0.4) is 0 Å². The summed E-state index contributed by atoms with van der Waals surface area (Å²) in [5.41, 5.74) is 5.98. The van der Waals surface area contributed by atoms with Crippen molar-refractivity contribution in [2.45, 2.75) is 13.0 Å². The first-order chi connectivity index (χ1) is 13.4. The number of nitrogens with one attached hydrogen (secondary N) is 2. The molecular formula is C24H23N3. The average molecular weight is 353 g/mol. The molecule has 0 aliphatic rings. The van der Waals surface area contributed by atoms with Crippen molar-refractivity contribution in [1.29, 1.82) is 0 Å². The standard InChI is InChI=1S/C24H23N3/c1-3-7-19(8-4-1)17-25-16-15-24-26-18-23(27-24)22-13-11-21(12-14-22)20-9-5-2-6-10-20/h1-14,18,25H,15-17H2,(H,26,27). The summed E-state index contributed by atoms with van der Waals surface area (Å²) in [5, 5.41) is 3.46. The van der Waals surface area contributed by atoms with Crippen LogP contribution in [0.4, 0.5) is 0 Å². The number of aromatic amines is 1. The molecular weight excluding hydrogens is 330 g/mol. The maximum Gasteiger partial charge on any atom is 0.107 e. The fourth-order valence-corrected chi connectivity index (χ4v) is 3.14. The minimum atomic E-state index is 0.884. The zero-order chi connectivity index (χ0) is 18.3. The molecule has 0 aliphatic carbocycles. The van der Waals surface area contributed by atoms with E-state index in [1.54, 1.807) is 0 Å². The molecule has 1 aromatic heterocycles. The smallest absolute Gasteiger partial charge is 0.107 e. The molecule has 0 bridgehead atoms. The monoisotopic (exact) mass is 353 g/mol. The Bertz CT molecular complexity index is 957. The zero-order valence-corrected chi connectivity index (χ0v) is 15.2. The van der Waals surface area contributed by atoms with Crippen LogP contribution in [0.5, 0.6) is 0 Å². The molecule has 0 aliphatic heterocycles. The third-order valence-electron chi connectivity index (χ3n) is 4.64. The third-order valence-corrected chi connectivity index (χ3v) is 4.64. The Morgan fingerprint density at radius 1 is 0.704 bits per heavy atom. The first kappa shape index (κ1) is 17.3. The van der Waals surface area contributed by atoms with Crippen LogP contribution >= 0.6 is 0 Å². The predicted molar refractivity (Wildman–Crippen MR) is 111 cm³/mol. The summed E-state index contributed by atoms with van der Waals surface area (Å²) in [6.07, 6.45) is 2.80. The summed E-state index contributed by atoms with van der Waals surface area (Å²) in [4.78, 5) is 7.96. The van der Waals surface area contributed by atoms with Crippen molar-refractivity contribution in [1.82, 2.24) is 15.3 Å². The molecule has 0 fully saturated rings. The van der Waals surface area contributed by atoms with E-state index < -0.39 is 0 Å². The van der Waals surface area contributed by atoms with E-state index in [4.69, 9.17) is 0 Å². The molecule has 1 heterocycles. The molecule has 0 saturated heterocycles. The number of nitrogens with zero attached hydrogens (tertiary/aromatic N) is 1. The third kappa shape index (κ3) is 4.52. The molecule has 0 unspecified atom stereocenters. The highest BCUT2D eigenvalue weighted by molar-refractivity contribution is 5.68. The Morgan fingerprint density at radius 3 is 2.07 bits per heavy atom. The Morgan fingerprint density at radius 2 is 1.33 bits per heavy atom. The van der Waals surface area contributed by atoms with Gasteiger partial charge in [0.05, 0.1) is 11.9 Å². The summed E-state index contributed by atoms with van der Waals surface area (Å²) in [5.74, 6) is 1.01. The maximum absolute atomic E-state index is 4.52. The van der Waals surface area contributed by atoms with E-state index in [-0.39, 0.29) is 0 Å². The van der Waals surface area contributed by atoms with Crippen LogP contribution in [0.15, 0.2) is 91.1 Å². The van der Waals surface area contributed by atoms with Gasteiger partial charge in [-0.05, 0) is 22.3 Å². The van der Waals surface area contributed by atoms with Crippen LogP contribution in [0, 0.1) is 0 Å². The Balaban J connectivity index is 1.33. The van der Waals surface area contributed by atoms with Crippen molar-refractivity contribution in [3.8, 4) is 22.4 Å². The SMILES string of the molecule is c1ccc(CNCCc2ncc(-c3ccc(-c4ccccc4)cc3)[nH]2)cc1. The van der Waals surface area contributed by atoms with Crippen LogP contribution < -0.4 is 5.32 Å². The van der Waals surface area contributed by atoms with E-state index in [1.807, 2.05) is 18.3 Å². The van der Waals surface area contributed by atoms with Crippen molar-refractivity contribution in [2.24, 2.45) is 0 Å². The first-order valence-electron chi connectivity index (χ1n) is 9.33. The van der Waals surface area contributed by atoms with Crippen LogP contribution in [0.2, 0.25) is 0 Å². The summed E-state index contributed by atoms with van der Waals surface area (Å²) in [6.45, 7) is 1.78. The number of hydrogen-bond acceptors (Lipinski definition) is 2. The molecule has 3 nitrogen and oxygen atoms in total. The van der Waals surface area contributed by atoms with E-state index in [0.29, 0.717) is 0 Å². The molecule has 3 aromatic carbocycles. The molecule has 0 saturated carbocycles. The number of rotatable bonds is 7. The first-order valence-corrected chi connectivity index (χ1v) is 9.33. The van der Waals surface area contributed by atoms with Gasteiger partial charge in [-0.15, -0.1) is 0 Å². The minimum absolute atomic E-state index is 0.884. The molecule has 0 spiro atoms. The van der Waals surface area contributed by atoms with Gasteiger partial charge in [-0.3, -0.25) is 0 Å². The summed E-state index contributed by atoms with van der Waals surface area (Å²) in [7, 11) is 0. The summed E-state index contributed by atoms with van der Waals surface area (Å²) >= 11 is 0. The second-order valence-corrected chi connectivity index (χ2v) is 6.60. The Labute approximate surface area is 160 Å². The average Bonchev–Trinajstić information content (AvgIpc) is 3.22. The van der Waals surface area contributed by atoms with E-state index >= 15 is 0 Å². The van der Waals surface area contributed by atoms with E-state index in [9.17, 15) is 0 Å². The van der Waals surface area contributed by atoms with Gasteiger partial charge in [-0.25, -0.2) is 4.98 Å². The lowest BCUT2D eigenvalue weighted by molar-refractivity contribution is 0.674. The number of imidazole rings is 1. The zero-order valence-electron chi connectivity index (χ0n) is 15.2. The molecule has 4 rings (SSSR count). The normalized spacial score (nSPS) is 10.8. The van der Waals surface area contributed by atoms with Gasteiger partial charge in [-0.1, -0.05) is 84.9 Å². The van der Waals surface area contributed by atoms with Gasteiger partial charge >= 0.3 is 0 Å². The van der Waals surface area contributed by atoms with Crippen LogP contribution in [0.25, 0.3) is 22.4 Å². The van der Waals surface area contributed by atoms with Crippen molar-refractivity contribution in [3.05, 3.63) is 103 Å². The molecule has 0 atom stereocenters. The van der Waals surface area contributed by atoms with Crippen molar-refractivity contribution in [2.75, 3.05) is 6.54 Å². The summed E-state index contributed by atoms with van der Waals surface area (Å²) in [6, 6.07) is 29.5. The highest BCUT2D eigenvalue weighted by atomic mass is 14.9. The second kappa shape index (κ2) is 8.47. The highest BCUT2D eigenvalue weighted by Crippen LogP contribution is 2.23. The number of H-pyrrole nitrogens is 1. The molecule has 3 heteroatoms. The minimum Gasteiger partial charge on any atom is -0.342 e. The lowest BCUT2D eigenvalue weighted by Gasteiger charge is -2.04. The van der Waals surface area contributed by atoms with Gasteiger partial charge in [0.15, 0.2) is 0 Å². The number of hydrogen-bond donors (Lipinski definition) is 2. The molecule has 134 valence electrons. The van der Waals surface area contributed by atoms with Crippen molar-refractivity contribution < 1.29 is 0 Å². The van der Waals surface area contributed by atoms with Gasteiger partial charge in [0.25, 0.3) is 0 Å². The lowest BCUT2D eigenvalue weighted by atomic mass is 10.0. The summed E-state index contributed by atoms with van der Waals surface area (Å²) < 4.78 is 0. The number of aromatic nitrogens is 2. The predicted octanol–water partition coefficient (Wildman–Crippen LogP) is 5.08. The van der Waals surface area contributed by atoms with Gasteiger partial charge in [0, 0.05) is 19.5 Å². The van der Waals surface area contributed by atoms with Gasteiger partial charge in [0.2, 0.25) is 0 Å². The van der Waals surface area contributed by atoms with Crippen LogP contribution in [-0.4, -0.2) is 16.5 Å². The fraction of sp³-hybridized carbons (Fsp3) is 0.125. The van der Waals surface area contributed by atoms with Gasteiger partial charge in [0.1, 0.15) is 5.82 Å². The Hall–Kier alpha value is -3.17. The van der Waals surface area contributed by atoms with E-state index in [0.717, 1.165) is 36.6 Å². The van der Waals surface area contributed by atoms with E-state index in [1.165, 1.54) is 16.7 Å². The highest BCUT2D eigenvalue weighted by Gasteiger charge is 2.04. The largest absolute Gasteiger partial charge is 0.342 e. The van der Waals surface area contributed by atoms with E-state index in [2.05, 4.69) is 88.1 Å². The van der Waals surface area contributed by atoms with Crippen LogP contribution in [-0.2, 0) is 13.0 Å². The second-order valence-electron chi connectivity index (χ2n) is 6.60. The maximum atomic E-state index is 4.52. The van der Waals surface area contributed by atoms with Crippen molar-refractivity contribution >= 4 is 0 Å². The Kier molecular flexibility index (Phi) is 5.42. The molecule has 2 N–H and O–H groups in total. The van der Waals surface area contributed by atoms with Gasteiger partial charge < -0.3 is 10.3 Å². The fourth-order valence-electron chi connectivity index (χ4n) is 3.14. The quantitative estimate of drug-likeness (QED) is 0.455. The molecule has 0 amide bonds. The van der Waals surface area contributed by atoms with Gasteiger partial charge in [-0.2, -0.15) is 0 Å². The van der Waals surface area contributed by atoms with Crippen LogP contribution in [0.1, 0.15) is 11.4 Å². The molecule has 0 radical (unpaired) electrons. The number of benzene rings is 3. The van der Waals surface area contributed by atoms with Crippen molar-refractivity contribution in [3.63, 3.8) is 0 Å². The topological polar surface area (TPSA) is 40.7 Å². The molecule has 4 aromatic rings. The lowest BCUT2D eigenvalue weighted by Crippen LogP contribution is -2.17.